The molecule has 82 valence electrons. The lowest BCUT2D eigenvalue weighted by molar-refractivity contribution is -0.138. The van der Waals surface area contributed by atoms with E-state index in [2.05, 4.69) is 9.97 Å². The van der Waals surface area contributed by atoms with E-state index in [0.29, 0.717) is 18.1 Å². The summed E-state index contributed by atoms with van der Waals surface area (Å²) in [5.41, 5.74) is 0.559. The molecule has 1 atom stereocenters. The van der Waals surface area contributed by atoms with Gasteiger partial charge in [0.2, 0.25) is 5.95 Å². The summed E-state index contributed by atoms with van der Waals surface area (Å²) in [6.45, 7) is 1.83. The van der Waals surface area contributed by atoms with Crippen LogP contribution in [0.1, 0.15) is 25.0 Å². The van der Waals surface area contributed by atoms with Crippen LogP contribution in [0.25, 0.3) is 0 Å². The topological polar surface area (TPSA) is 66.3 Å². The van der Waals surface area contributed by atoms with Gasteiger partial charge in [0.15, 0.2) is 0 Å². The summed E-state index contributed by atoms with van der Waals surface area (Å²) in [6, 6.07) is 1.65. The van der Waals surface area contributed by atoms with Gasteiger partial charge in [0.05, 0.1) is 11.6 Å². The van der Waals surface area contributed by atoms with Crippen molar-refractivity contribution in [2.75, 3.05) is 19.0 Å². The summed E-state index contributed by atoms with van der Waals surface area (Å²) in [6.07, 6.45) is 2.11. The van der Waals surface area contributed by atoms with Gasteiger partial charge in [0.1, 0.15) is 0 Å². The molecule has 0 amide bonds. The van der Waals surface area contributed by atoms with E-state index in [1.54, 1.807) is 17.2 Å². The molecule has 0 saturated heterocycles. The first kappa shape index (κ1) is 11.4. The number of hydrogen-bond acceptors (Lipinski definition) is 4. The number of carboxylic acids is 1. The Labute approximate surface area is 88.8 Å². The molecule has 0 fully saturated rings. The third-order valence-electron chi connectivity index (χ3n) is 2.13. The molecule has 0 bridgehead atoms. The van der Waals surface area contributed by atoms with Crippen molar-refractivity contribution in [1.29, 1.82) is 0 Å². The molecule has 5 heteroatoms. The van der Waals surface area contributed by atoms with Gasteiger partial charge in [0, 0.05) is 20.3 Å². The Balaban J connectivity index is 3.03. The summed E-state index contributed by atoms with van der Waals surface area (Å²) in [4.78, 5) is 20.9. The number of nitrogens with zero attached hydrogens (tertiary/aromatic N) is 3. The highest BCUT2D eigenvalue weighted by molar-refractivity contribution is 5.75. The largest absolute Gasteiger partial charge is 0.481 e. The fourth-order valence-corrected chi connectivity index (χ4v) is 1.28. The van der Waals surface area contributed by atoms with Gasteiger partial charge in [-0.2, -0.15) is 0 Å². The molecule has 0 spiro atoms. The van der Waals surface area contributed by atoms with Crippen LogP contribution < -0.4 is 4.90 Å². The van der Waals surface area contributed by atoms with Crippen LogP contribution in [-0.2, 0) is 4.79 Å². The minimum absolute atomic E-state index is 0.527. The number of aromatic nitrogens is 2. The Kier molecular flexibility index (Phi) is 3.60. The molecule has 0 aliphatic rings. The van der Waals surface area contributed by atoms with E-state index in [0.717, 1.165) is 0 Å². The van der Waals surface area contributed by atoms with Gasteiger partial charge in [0.25, 0.3) is 0 Å². The van der Waals surface area contributed by atoms with Crippen LogP contribution in [0.4, 0.5) is 5.95 Å². The van der Waals surface area contributed by atoms with Crippen molar-refractivity contribution in [3.05, 3.63) is 18.0 Å². The zero-order valence-electron chi connectivity index (χ0n) is 9.14. The summed E-state index contributed by atoms with van der Waals surface area (Å²) in [5, 5.41) is 8.98. The van der Waals surface area contributed by atoms with Gasteiger partial charge in [-0.1, -0.05) is 6.92 Å². The lowest BCUT2D eigenvalue weighted by Crippen LogP contribution is -2.17. The Morgan fingerprint density at radius 1 is 1.60 bits per heavy atom. The standard InChI is InChI=1S/C10H15N3O2/c1-4-7(9(14)15)8-5-6-11-10(12-8)13(2)3/h5-7H,4H2,1-3H3,(H,14,15). The van der Waals surface area contributed by atoms with Crippen LogP contribution in [-0.4, -0.2) is 35.1 Å². The molecular weight excluding hydrogens is 194 g/mol. The fourth-order valence-electron chi connectivity index (χ4n) is 1.28. The van der Waals surface area contributed by atoms with E-state index < -0.39 is 11.9 Å². The van der Waals surface area contributed by atoms with Crippen LogP contribution in [0, 0.1) is 0 Å². The predicted molar refractivity (Wildman–Crippen MR) is 57.0 cm³/mol. The Morgan fingerprint density at radius 3 is 2.73 bits per heavy atom. The van der Waals surface area contributed by atoms with Gasteiger partial charge in [-0.25, -0.2) is 9.97 Å². The van der Waals surface area contributed by atoms with Crippen LogP contribution in [0.3, 0.4) is 0 Å². The molecular formula is C10H15N3O2. The highest BCUT2D eigenvalue weighted by Crippen LogP contribution is 2.18. The van der Waals surface area contributed by atoms with Gasteiger partial charge in [-0.05, 0) is 12.5 Å². The molecule has 1 rings (SSSR count). The Bertz CT molecular complexity index is 352. The number of aliphatic carboxylic acids is 1. The number of hydrogen-bond donors (Lipinski definition) is 1. The third kappa shape index (κ3) is 2.65. The normalized spacial score (nSPS) is 12.2. The predicted octanol–water partition coefficient (Wildman–Crippen LogP) is 1.12. The zero-order valence-corrected chi connectivity index (χ0v) is 9.14. The monoisotopic (exact) mass is 209 g/mol. The van der Waals surface area contributed by atoms with Crippen molar-refractivity contribution in [1.82, 2.24) is 9.97 Å². The SMILES string of the molecule is CCC(C(=O)O)c1ccnc(N(C)C)n1. The van der Waals surface area contributed by atoms with Crippen LogP contribution in [0.5, 0.6) is 0 Å². The lowest BCUT2D eigenvalue weighted by Gasteiger charge is -2.13. The first-order valence-electron chi connectivity index (χ1n) is 4.79. The molecule has 1 N–H and O–H groups in total. The number of rotatable bonds is 4. The van der Waals surface area contributed by atoms with Crippen molar-refractivity contribution in [3.8, 4) is 0 Å². The molecule has 0 aliphatic heterocycles. The van der Waals surface area contributed by atoms with Crippen molar-refractivity contribution in [3.63, 3.8) is 0 Å². The number of anilines is 1. The maximum absolute atomic E-state index is 10.9. The van der Waals surface area contributed by atoms with E-state index in [1.165, 1.54) is 0 Å². The number of carbonyl (C=O) groups is 1. The summed E-state index contributed by atoms with van der Waals surface area (Å²) in [7, 11) is 3.64. The zero-order chi connectivity index (χ0) is 11.4. The van der Waals surface area contributed by atoms with Gasteiger partial charge < -0.3 is 10.0 Å². The molecule has 0 aromatic carbocycles. The molecule has 1 aromatic heterocycles. The van der Waals surface area contributed by atoms with E-state index in [4.69, 9.17) is 5.11 Å². The minimum atomic E-state index is -0.846. The van der Waals surface area contributed by atoms with Crippen molar-refractivity contribution >= 4 is 11.9 Å². The molecule has 0 aliphatic carbocycles. The lowest BCUT2D eigenvalue weighted by atomic mass is 10.0. The average Bonchev–Trinajstić information content (AvgIpc) is 2.18. The first-order valence-corrected chi connectivity index (χ1v) is 4.79. The molecule has 0 radical (unpaired) electrons. The summed E-state index contributed by atoms with van der Waals surface area (Å²) in [5.74, 6) is -0.861. The summed E-state index contributed by atoms with van der Waals surface area (Å²) < 4.78 is 0. The van der Waals surface area contributed by atoms with Gasteiger partial charge in [-0.3, -0.25) is 4.79 Å². The average molecular weight is 209 g/mol. The first-order chi connectivity index (χ1) is 7.06. The maximum atomic E-state index is 10.9. The molecule has 1 heterocycles. The van der Waals surface area contributed by atoms with E-state index >= 15 is 0 Å². The maximum Gasteiger partial charge on any atom is 0.312 e. The van der Waals surface area contributed by atoms with Crippen LogP contribution >= 0.6 is 0 Å². The van der Waals surface area contributed by atoms with Gasteiger partial charge >= 0.3 is 5.97 Å². The Morgan fingerprint density at radius 2 is 2.27 bits per heavy atom. The van der Waals surface area contributed by atoms with Gasteiger partial charge in [-0.15, -0.1) is 0 Å². The second kappa shape index (κ2) is 4.72. The molecule has 1 unspecified atom stereocenters. The van der Waals surface area contributed by atoms with Crippen LogP contribution in [0.2, 0.25) is 0 Å². The van der Waals surface area contributed by atoms with E-state index in [9.17, 15) is 4.79 Å². The number of carboxylic acid groups (broad SMARTS) is 1. The van der Waals surface area contributed by atoms with E-state index in [-0.39, 0.29) is 0 Å². The Hall–Kier alpha value is -1.65. The quantitative estimate of drug-likeness (QED) is 0.804. The van der Waals surface area contributed by atoms with Crippen molar-refractivity contribution in [2.24, 2.45) is 0 Å². The van der Waals surface area contributed by atoms with Crippen LogP contribution in [0.15, 0.2) is 12.3 Å². The van der Waals surface area contributed by atoms with Crippen molar-refractivity contribution in [2.45, 2.75) is 19.3 Å². The fraction of sp³-hybridized carbons (Fsp3) is 0.500. The second-order valence-corrected chi connectivity index (χ2v) is 3.48. The molecule has 0 saturated carbocycles. The smallest absolute Gasteiger partial charge is 0.312 e. The molecule has 5 nitrogen and oxygen atoms in total. The highest BCUT2D eigenvalue weighted by Gasteiger charge is 2.19. The van der Waals surface area contributed by atoms with E-state index in [1.807, 2.05) is 21.0 Å². The third-order valence-corrected chi connectivity index (χ3v) is 2.13. The summed E-state index contributed by atoms with van der Waals surface area (Å²) >= 11 is 0. The molecule has 15 heavy (non-hydrogen) atoms. The highest BCUT2D eigenvalue weighted by atomic mass is 16.4. The second-order valence-electron chi connectivity index (χ2n) is 3.48. The van der Waals surface area contributed by atoms with Crippen molar-refractivity contribution < 1.29 is 9.90 Å². The molecule has 1 aromatic rings. The minimum Gasteiger partial charge on any atom is -0.481 e.